The first-order valence-corrected chi connectivity index (χ1v) is 8.98. The summed E-state index contributed by atoms with van der Waals surface area (Å²) in [7, 11) is 0. The van der Waals surface area contributed by atoms with Gasteiger partial charge in [-0.25, -0.2) is 0 Å². The van der Waals surface area contributed by atoms with Crippen molar-refractivity contribution in [1.82, 2.24) is 4.90 Å². The second kappa shape index (κ2) is 4.85. The van der Waals surface area contributed by atoms with Gasteiger partial charge in [0.15, 0.2) is 0 Å². The molecule has 6 rings (SSSR count). The van der Waals surface area contributed by atoms with Crippen molar-refractivity contribution in [2.75, 3.05) is 12.0 Å². The predicted octanol–water partition coefficient (Wildman–Crippen LogP) is 3.07. The minimum absolute atomic E-state index is 0.00174. The summed E-state index contributed by atoms with van der Waals surface area (Å²) in [6.07, 6.45) is 5.59. The van der Waals surface area contributed by atoms with Crippen LogP contribution in [0.2, 0.25) is 5.02 Å². The van der Waals surface area contributed by atoms with Crippen LogP contribution >= 0.6 is 11.6 Å². The highest BCUT2D eigenvalue weighted by molar-refractivity contribution is 6.31. The lowest BCUT2D eigenvalue weighted by atomic mass is 9.63. The van der Waals surface area contributed by atoms with Crippen LogP contribution < -0.4 is 5.32 Å². The van der Waals surface area contributed by atoms with Crippen LogP contribution in [0.1, 0.15) is 12.0 Å². The highest BCUT2D eigenvalue weighted by Gasteiger charge is 2.66. The Balaban J connectivity index is 1.38. The molecule has 0 radical (unpaired) electrons. The van der Waals surface area contributed by atoms with Crippen LogP contribution in [0.3, 0.4) is 0 Å². The molecule has 2 bridgehead atoms. The fourth-order valence-corrected chi connectivity index (χ4v) is 5.31. The van der Waals surface area contributed by atoms with Crippen LogP contribution in [0.25, 0.3) is 0 Å². The van der Waals surface area contributed by atoms with Gasteiger partial charge in [0.05, 0.1) is 18.5 Å². The van der Waals surface area contributed by atoms with Crippen molar-refractivity contribution in [2.24, 2.45) is 35.5 Å². The number of anilines is 1. The van der Waals surface area contributed by atoms with E-state index in [1.54, 1.807) is 0 Å². The van der Waals surface area contributed by atoms with Gasteiger partial charge in [0.1, 0.15) is 0 Å². The van der Waals surface area contributed by atoms with Crippen LogP contribution in [-0.2, 0) is 9.59 Å². The number of carbonyl (C=O) groups excluding carboxylic acids is 2. The Labute approximate surface area is 145 Å². The Hall–Kier alpha value is -1.81. The van der Waals surface area contributed by atoms with Crippen LogP contribution in [0.5, 0.6) is 0 Å². The summed E-state index contributed by atoms with van der Waals surface area (Å²) in [5.41, 5.74) is 1.79. The first-order valence-electron chi connectivity index (χ1n) is 8.60. The zero-order valence-corrected chi connectivity index (χ0v) is 14.2. The number of benzene rings is 1. The van der Waals surface area contributed by atoms with Gasteiger partial charge < -0.3 is 5.32 Å². The Kier molecular flexibility index (Phi) is 2.94. The quantitative estimate of drug-likeness (QED) is 0.678. The number of allylic oxidation sites excluding steroid dienone is 2. The number of hydrogen-bond donors (Lipinski definition) is 1. The van der Waals surface area contributed by atoms with Crippen LogP contribution in [0, 0.1) is 42.4 Å². The van der Waals surface area contributed by atoms with Gasteiger partial charge in [-0.1, -0.05) is 29.8 Å². The first-order chi connectivity index (χ1) is 11.6. The maximum Gasteiger partial charge on any atom is 0.235 e. The van der Waals surface area contributed by atoms with Crippen molar-refractivity contribution >= 4 is 29.1 Å². The minimum atomic E-state index is -0.126. The third-order valence-electron chi connectivity index (χ3n) is 6.45. The van der Waals surface area contributed by atoms with Crippen LogP contribution in [-0.4, -0.2) is 23.4 Å². The molecule has 1 aromatic rings. The molecular weight excluding hydrogens is 324 g/mol. The van der Waals surface area contributed by atoms with Crippen molar-refractivity contribution in [3.05, 3.63) is 40.9 Å². The molecule has 1 aliphatic heterocycles. The number of nitrogens with one attached hydrogen (secondary N) is 1. The predicted molar refractivity (Wildman–Crippen MR) is 91.2 cm³/mol. The smallest absolute Gasteiger partial charge is 0.235 e. The number of nitrogens with zero attached hydrogens (tertiary/aromatic N) is 1. The summed E-state index contributed by atoms with van der Waals surface area (Å²) >= 11 is 6.14. The summed E-state index contributed by atoms with van der Waals surface area (Å²) in [4.78, 5) is 27.2. The lowest BCUT2D eigenvalue weighted by Crippen LogP contribution is -2.40. The fraction of sp³-hybridized carbons (Fsp3) is 0.474. The van der Waals surface area contributed by atoms with E-state index in [-0.39, 0.29) is 42.2 Å². The van der Waals surface area contributed by atoms with E-state index in [0.717, 1.165) is 11.3 Å². The van der Waals surface area contributed by atoms with Crippen molar-refractivity contribution in [3.8, 4) is 0 Å². The van der Waals surface area contributed by atoms with Gasteiger partial charge in [-0.2, -0.15) is 0 Å². The molecule has 1 heterocycles. The van der Waals surface area contributed by atoms with Crippen LogP contribution in [0.15, 0.2) is 30.4 Å². The van der Waals surface area contributed by atoms with Gasteiger partial charge in [0.25, 0.3) is 0 Å². The lowest BCUT2D eigenvalue weighted by molar-refractivity contribution is -0.139. The highest BCUT2D eigenvalue weighted by Crippen LogP contribution is 2.65. The first kappa shape index (κ1) is 14.5. The van der Waals surface area contributed by atoms with E-state index in [0.29, 0.717) is 16.9 Å². The van der Waals surface area contributed by atoms with Crippen molar-refractivity contribution in [1.29, 1.82) is 0 Å². The molecule has 0 spiro atoms. The molecule has 2 saturated carbocycles. The number of imide groups is 1. The summed E-state index contributed by atoms with van der Waals surface area (Å²) in [6.45, 7) is 2.15. The third-order valence-corrected chi connectivity index (χ3v) is 6.86. The third kappa shape index (κ3) is 1.80. The van der Waals surface area contributed by atoms with E-state index in [9.17, 15) is 9.59 Å². The molecule has 2 amide bonds. The van der Waals surface area contributed by atoms with Gasteiger partial charge >= 0.3 is 0 Å². The number of carbonyl (C=O) groups is 2. The number of rotatable bonds is 3. The van der Waals surface area contributed by atoms with E-state index in [4.69, 9.17) is 11.6 Å². The molecule has 5 aliphatic rings. The van der Waals surface area contributed by atoms with Gasteiger partial charge in [0, 0.05) is 10.7 Å². The second-order valence-electron chi connectivity index (χ2n) is 7.51. The van der Waals surface area contributed by atoms with E-state index in [1.165, 1.54) is 11.3 Å². The normalized spacial score (nSPS) is 38.3. The standard InChI is InChI=1S/C19H19ClN2O2/c1-9-14(20)3-2-4-15(9)21-8-22-18(23)16-10-5-6-11(13-7-12(10)13)17(16)19(22)24/h2-6,10-13,16-17,21H,7-8H2,1H3/t10-,11+,12-,13-,16+,17-/m1/s1. The van der Waals surface area contributed by atoms with E-state index < -0.39 is 0 Å². The van der Waals surface area contributed by atoms with Crippen molar-refractivity contribution in [3.63, 3.8) is 0 Å². The summed E-state index contributed by atoms with van der Waals surface area (Å²) in [6, 6.07) is 5.61. The van der Waals surface area contributed by atoms with Crippen LogP contribution in [0.4, 0.5) is 5.69 Å². The van der Waals surface area contributed by atoms with Gasteiger partial charge in [-0.3, -0.25) is 14.5 Å². The monoisotopic (exact) mass is 342 g/mol. The maximum atomic E-state index is 12.9. The SMILES string of the molecule is Cc1c(Cl)cccc1NCN1C(=O)[C@@H]2[C@H]3C=C[C@H]([C@H]4C[C@H]34)[C@@H]2C1=O. The lowest BCUT2D eigenvalue weighted by Gasteiger charge is -2.37. The van der Waals surface area contributed by atoms with E-state index in [1.807, 2.05) is 25.1 Å². The average molecular weight is 343 g/mol. The molecule has 6 atom stereocenters. The van der Waals surface area contributed by atoms with E-state index >= 15 is 0 Å². The van der Waals surface area contributed by atoms with Gasteiger partial charge in [-0.05, 0) is 54.7 Å². The Morgan fingerprint density at radius 1 is 1.12 bits per heavy atom. The Morgan fingerprint density at radius 3 is 2.38 bits per heavy atom. The number of halogens is 1. The Morgan fingerprint density at radius 2 is 1.75 bits per heavy atom. The summed E-state index contributed by atoms with van der Waals surface area (Å²) < 4.78 is 0. The maximum absolute atomic E-state index is 12.9. The van der Waals surface area contributed by atoms with Gasteiger partial charge in [0.2, 0.25) is 11.8 Å². The number of hydrogen-bond acceptors (Lipinski definition) is 3. The molecule has 1 N–H and O–H groups in total. The molecule has 0 unspecified atom stereocenters. The zero-order valence-electron chi connectivity index (χ0n) is 13.4. The Bertz CT molecular complexity index is 754. The van der Waals surface area contributed by atoms with E-state index in [2.05, 4.69) is 17.5 Å². The molecule has 3 fully saturated rings. The zero-order chi connectivity index (χ0) is 16.6. The summed E-state index contributed by atoms with van der Waals surface area (Å²) in [5.74, 6) is 1.58. The average Bonchev–Trinajstić information content (AvgIpc) is 3.35. The molecule has 5 heteroatoms. The highest BCUT2D eigenvalue weighted by atomic mass is 35.5. The summed E-state index contributed by atoms with van der Waals surface area (Å²) in [5, 5.41) is 3.89. The molecule has 1 saturated heterocycles. The number of likely N-dealkylation sites (tertiary alicyclic amines) is 1. The topological polar surface area (TPSA) is 49.4 Å². The molecule has 0 aromatic heterocycles. The number of amides is 2. The van der Waals surface area contributed by atoms with Crippen molar-refractivity contribution in [2.45, 2.75) is 13.3 Å². The molecular formula is C19H19ClN2O2. The second-order valence-corrected chi connectivity index (χ2v) is 7.91. The minimum Gasteiger partial charge on any atom is -0.367 e. The molecule has 124 valence electrons. The molecule has 4 nitrogen and oxygen atoms in total. The molecule has 24 heavy (non-hydrogen) atoms. The molecule has 1 aromatic carbocycles. The van der Waals surface area contributed by atoms with Crippen molar-refractivity contribution < 1.29 is 9.59 Å². The van der Waals surface area contributed by atoms with Gasteiger partial charge in [-0.15, -0.1) is 0 Å². The largest absolute Gasteiger partial charge is 0.367 e. The molecule has 4 aliphatic carbocycles. The fourth-order valence-electron chi connectivity index (χ4n) is 5.14.